The van der Waals surface area contributed by atoms with Gasteiger partial charge >= 0.3 is 39.5 Å². The van der Waals surface area contributed by atoms with E-state index in [9.17, 15) is 43.2 Å². The Morgan fingerprint density at radius 3 is 0.875 bits per heavy atom. The van der Waals surface area contributed by atoms with E-state index in [1.165, 1.54) is 83.5 Å². The molecule has 0 aliphatic heterocycles. The predicted octanol–water partition coefficient (Wildman–Crippen LogP) is 23.7. The van der Waals surface area contributed by atoms with Gasteiger partial charge in [-0.15, -0.1) is 0 Å². The molecule has 0 rings (SSSR count). The van der Waals surface area contributed by atoms with Gasteiger partial charge in [0.25, 0.3) is 0 Å². The predicted molar refractivity (Wildman–Crippen MR) is 427 cm³/mol. The molecule has 0 radical (unpaired) electrons. The smallest absolute Gasteiger partial charge is 0.462 e. The van der Waals surface area contributed by atoms with Crippen molar-refractivity contribution in [1.29, 1.82) is 0 Å². The van der Waals surface area contributed by atoms with E-state index in [0.717, 1.165) is 161 Å². The van der Waals surface area contributed by atoms with Crippen LogP contribution < -0.4 is 0 Å². The van der Waals surface area contributed by atoms with Crippen LogP contribution in [0.15, 0.2) is 134 Å². The first-order valence-corrected chi connectivity index (χ1v) is 43.4. The third-order valence-electron chi connectivity index (χ3n) is 16.6. The molecule has 0 heterocycles. The third kappa shape index (κ3) is 75.4. The molecular formula is C85H144O17P2. The lowest BCUT2D eigenvalue weighted by molar-refractivity contribution is -0.161. The second-order valence-corrected chi connectivity index (χ2v) is 29.5. The fraction of sp³-hybridized carbons (Fsp3) is 0.694. The van der Waals surface area contributed by atoms with Gasteiger partial charge in [-0.2, -0.15) is 0 Å². The molecule has 5 unspecified atom stereocenters. The quantitative estimate of drug-likeness (QED) is 0.0169. The van der Waals surface area contributed by atoms with E-state index in [4.69, 9.17) is 37.0 Å². The van der Waals surface area contributed by atoms with Gasteiger partial charge in [-0.1, -0.05) is 309 Å². The summed E-state index contributed by atoms with van der Waals surface area (Å²) in [6.45, 7) is 4.50. The topological polar surface area (TPSA) is 237 Å². The standard InChI is InChI=1S/C85H144O17P2/c1-5-9-13-17-21-25-29-33-37-38-39-40-44-46-50-54-58-62-66-70-83(88)96-76-81(102-85(90)72-68-64-60-56-52-48-43-36-32-28-24-20-16-12-8-4)78-100-104(93,94)98-74-79(86)73-97-103(91,92)99-77-80(101-84(89)71-67-63-59-55-51-47-42-35-31-27-23-19-15-11-7-3)75-95-82(87)69-65-61-57-53-49-45-41-34-30-26-22-18-14-10-6-2/h10-11,14-15,21-23,25-27,33-35,37,39-42,49,53,61,65,79-81,86H,5-9,12-13,16-20,24,28-32,36,38,43-48,50-52,54-60,62-64,66-78H2,1-4H3,(H,91,92)(H,93,94)/b14-10-,15-11-,25-21-,26-22-,27-23-,37-33-,40-39-,41-34-,42-35-,53-49-,65-61-. The molecule has 0 fully saturated rings. The van der Waals surface area contributed by atoms with Crippen molar-refractivity contribution in [2.45, 2.75) is 341 Å². The summed E-state index contributed by atoms with van der Waals surface area (Å²) < 4.78 is 68.5. The molecule has 5 atom stereocenters. The first-order chi connectivity index (χ1) is 50.7. The number of ether oxygens (including phenoxy) is 4. The van der Waals surface area contributed by atoms with Crippen LogP contribution in [0.3, 0.4) is 0 Å². The number of carbonyl (C=O) groups is 4. The second-order valence-electron chi connectivity index (χ2n) is 26.6. The van der Waals surface area contributed by atoms with Crippen molar-refractivity contribution in [3.63, 3.8) is 0 Å². The summed E-state index contributed by atoms with van der Waals surface area (Å²) in [5, 5.41) is 10.6. The molecule has 0 aromatic heterocycles. The maximum absolute atomic E-state index is 13.1. The first-order valence-electron chi connectivity index (χ1n) is 40.4. The van der Waals surface area contributed by atoms with E-state index in [-0.39, 0.29) is 25.7 Å². The Bertz CT molecular complexity index is 2490. The minimum Gasteiger partial charge on any atom is -0.462 e. The van der Waals surface area contributed by atoms with Crippen molar-refractivity contribution < 1.29 is 80.2 Å². The minimum atomic E-state index is -5.00. The Morgan fingerprint density at radius 1 is 0.288 bits per heavy atom. The van der Waals surface area contributed by atoms with Crippen LogP contribution in [0.1, 0.15) is 323 Å². The van der Waals surface area contributed by atoms with E-state index in [2.05, 4.69) is 137 Å². The van der Waals surface area contributed by atoms with Crippen molar-refractivity contribution >= 4 is 39.5 Å². The fourth-order valence-corrected chi connectivity index (χ4v) is 12.1. The highest BCUT2D eigenvalue weighted by Crippen LogP contribution is 2.45. The number of allylic oxidation sites excluding steroid dienone is 21. The molecule has 0 saturated heterocycles. The minimum absolute atomic E-state index is 0.0531. The van der Waals surface area contributed by atoms with Crippen molar-refractivity contribution in [2.24, 2.45) is 0 Å². The van der Waals surface area contributed by atoms with Gasteiger partial charge in [0, 0.05) is 19.3 Å². The third-order valence-corrected chi connectivity index (χ3v) is 18.5. The zero-order valence-electron chi connectivity index (χ0n) is 65.2. The van der Waals surface area contributed by atoms with E-state index in [1.807, 2.05) is 18.2 Å². The van der Waals surface area contributed by atoms with Crippen molar-refractivity contribution in [1.82, 2.24) is 0 Å². The Hall–Kier alpha value is -4.80. The number of phosphoric acid groups is 2. The largest absolute Gasteiger partial charge is 0.472 e. The number of unbranched alkanes of at least 4 members (excludes halogenated alkanes) is 28. The summed E-state index contributed by atoms with van der Waals surface area (Å²) in [6.07, 6.45) is 86.0. The van der Waals surface area contributed by atoms with Gasteiger partial charge in [-0.25, -0.2) is 9.13 Å². The summed E-state index contributed by atoms with van der Waals surface area (Å²) in [5.74, 6) is -2.35. The zero-order valence-corrected chi connectivity index (χ0v) is 66.9. The number of hydrogen-bond donors (Lipinski definition) is 3. The molecule has 19 heteroatoms. The molecule has 0 saturated carbocycles. The van der Waals surface area contributed by atoms with E-state index >= 15 is 0 Å². The first kappa shape index (κ1) is 99.2. The Kier molecular flexibility index (Phi) is 72.9. The van der Waals surface area contributed by atoms with Crippen LogP contribution in [0.2, 0.25) is 0 Å². The highest BCUT2D eigenvalue weighted by atomic mass is 31.2. The lowest BCUT2D eigenvalue weighted by Gasteiger charge is -2.21. The Morgan fingerprint density at radius 2 is 0.538 bits per heavy atom. The zero-order chi connectivity index (χ0) is 76.0. The van der Waals surface area contributed by atoms with Gasteiger partial charge in [0.2, 0.25) is 0 Å². The molecule has 0 aromatic rings. The molecule has 0 bridgehead atoms. The van der Waals surface area contributed by atoms with Crippen LogP contribution in [0.25, 0.3) is 0 Å². The molecule has 0 aliphatic rings. The number of rotatable bonds is 75. The van der Waals surface area contributed by atoms with Crippen molar-refractivity contribution in [3.05, 3.63) is 134 Å². The molecule has 0 spiro atoms. The van der Waals surface area contributed by atoms with E-state index in [1.54, 1.807) is 6.08 Å². The normalized spacial score (nSPS) is 14.6. The number of aliphatic hydroxyl groups excluding tert-OH is 1. The van der Waals surface area contributed by atoms with Gasteiger partial charge < -0.3 is 33.8 Å². The van der Waals surface area contributed by atoms with Gasteiger partial charge in [0.05, 0.1) is 32.8 Å². The van der Waals surface area contributed by atoms with Gasteiger partial charge in [-0.05, 0) is 122 Å². The summed E-state index contributed by atoms with van der Waals surface area (Å²) in [5.41, 5.74) is 0. The average molecular weight is 1500 g/mol. The molecule has 596 valence electrons. The van der Waals surface area contributed by atoms with Crippen LogP contribution >= 0.6 is 15.6 Å². The number of carbonyl (C=O) groups excluding carboxylic acids is 4. The number of phosphoric ester groups is 2. The van der Waals surface area contributed by atoms with Crippen LogP contribution in [0.5, 0.6) is 0 Å². The average Bonchev–Trinajstić information content (AvgIpc) is 0.912. The maximum Gasteiger partial charge on any atom is 0.472 e. The summed E-state index contributed by atoms with van der Waals surface area (Å²) in [6, 6.07) is 0. The van der Waals surface area contributed by atoms with Gasteiger partial charge in [-0.3, -0.25) is 37.3 Å². The molecule has 104 heavy (non-hydrogen) atoms. The van der Waals surface area contributed by atoms with E-state index in [0.29, 0.717) is 25.7 Å². The Labute approximate surface area is 631 Å². The molecule has 3 N–H and O–H groups in total. The highest BCUT2D eigenvalue weighted by Gasteiger charge is 2.30. The summed E-state index contributed by atoms with van der Waals surface area (Å²) in [4.78, 5) is 73.0. The molecule has 17 nitrogen and oxygen atoms in total. The van der Waals surface area contributed by atoms with Gasteiger partial charge in [0.1, 0.15) is 19.3 Å². The van der Waals surface area contributed by atoms with Crippen molar-refractivity contribution in [3.8, 4) is 0 Å². The summed E-state index contributed by atoms with van der Waals surface area (Å²) in [7, 11) is -9.99. The fourth-order valence-electron chi connectivity index (χ4n) is 10.6. The van der Waals surface area contributed by atoms with E-state index < -0.39 is 97.5 Å². The molecule has 0 aromatic carbocycles. The molecule has 0 amide bonds. The van der Waals surface area contributed by atoms with Crippen molar-refractivity contribution in [2.75, 3.05) is 39.6 Å². The number of esters is 4. The van der Waals surface area contributed by atoms with Crippen LogP contribution in [0.4, 0.5) is 0 Å². The lowest BCUT2D eigenvalue weighted by atomic mass is 10.0. The maximum atomic E-state index is 13.1. The number of hydrogen-bond acceptors (Lipinski definition) is 15. The van der Waals surface area contributed by atoms with Crippen LogP contribution in [-0.4, -0.2) is 96.7 Å². The van der Waals surface area contributed by atoms with Crippen LogP contribution in [-0.2, 0) is 65.4 Å². The molecular weight excluding hydrogens is 1350 g/mol. The highest BCUT2D eigenvalue weighted by molar-refractivity contribution is 7.47. The second kappa shape index (κ2) is 76.4. The number of aliphatic hydroxyl groups is 1. The lowest BCUT2D eigenvalue weighted by Crippen LogP contribution is -2.30. The monoisotopic (exact) mass is 1500 g/mol. The Balaban J connectivity index is 5.43. The summed E-state index contributed by atoms with van der Waals surface area (Å²) >= 11 is 0. The van der Waals surface area contributed by atoms with Gasteiger partial charge in [0.15, 0.2) is 12.2 Å². The SMILES string of the molecule is CC/C=C\C/C=C\C/C=C\C/C=C\C/C=C\CC(=O)OCC(COP(=O)(O)OCC(O)COP(=O)(O)OCC(COC(=O)CCCCCCCC/C=C\C/C=C\C/C=C\CCCCC)OC(=O)CCCCCCCCCCCCCCCCC)OC(=O)CCCCCCC/C=C\C/C=C\C/C=C\CC. The van der Waals surface area contributed by atoms with Crippen LogP contribution in [0, 0.1) is 0 Å². The molecule has 0 aliphatic carbocycles.